The van der Waals surface area contributed by atoms with Gasteiger partial charge in [-0.15, -0.1) is 0 Å². The van der Waals surface area contributed by atoms with E-state index in [0.717, 1.165) is 25.1 Å². The van der Waals surface area contributed by atoms with Crippen LogP contribution >= 0.6 is 12.2 Å². The molecular formula is C12H18N2OS. The summed E-state index contributed by atoms with van der Waals surface area (Å²) in [6.45, 7) is 4.55. The Bertz CT molecular complexity index is 337. The maximum Gasteiger partial charge on any atom is 0.115 e. The predicted molar refractivity (Wildman–Crippen MR) is 70.5 cm³/mol. The molecule has 0 amide bonds. The third-order valence-corrected chi connectivity index (χ3v) is 2.39. The minimum Gasteiger partial charge on any atom is -0.508 e. The number of hydrogen-bond donors (Lipinski definition) is 2. The van der Waals surface area contributed by atoms with Gasteiger partial charge in [0.25, 0.3) is 0 Å². The van der Waals surface area contributed by atoms with Crippen molar-refractivity contribution < 1.29 is 5.11 Å². The number of aromatic hydroxyl groups is 1. The highest BCUT2D eigenvalue weighted by atomic mass is 32.1. The van der Waals surface area contributed by atoms with E-state index in [1.807, 2.05) is 12.1 Å². The summed E-state index contributed by atoms with van der Waals surface area (Å²) in [6, 6.07) is 7.22. The number of rotatable bonds is 6. The van der Waals surface area contributed by atoms with E-state index in [9.17, 15) is 5.11 Å². The quantitative estimate of drug-likeness (QED) is 0.743. The average molecular weight is 238 g/mol. The number of phenols is 1. The van der Waals surface area contributed by atoms with Gasteiger partial charge in [-0.2, -0.15) is 0 Å². The second kappa shape index (κ2) is 6.45. The molecule has 0 aliphatic carbocycles. The van der Waals surface area contributed by atoms with Gasteiger partial charge in [-0.25, -0.2) is 0 Å². The number of benzene rings is 1. The van der Waals surface area contributed by atoms with Crippen molar-refractivity contribution in [2.75, 3.05) is 13.1 Å². The normalized spacial score (nSPS) is 10.6. The third-order valence-electron chi connectivity index (χ3n) is 2.26. The first kappa shape index (κ1) is 12.9. The maximum absolute atomic E-state index is 9.19. The molecule has 0 spiro atoms. The number of nitrogens with two attached hydrogens (primary N) is 1. The fourth-order valence-electron chi connectivity index (χ4n) is 1.61. The Labute approximate surface area is 102 Å². The summed E-state index contributed by atoms with van der Waals surface area (Å²) in [4.78, 5) is 2.72. The topological polar surface area (TPSA) is 49.5 Å². The zero-order valence-corrected chi connectivity index (χ0v) is 10.3. The van der Waals surface area contributed by atoms with Crippen LogP contribution in [0.4, 0.5) is 0 Å². The van der Waals surface area contributed by atoms with Gasteiger partial charge in [0.15, 0.2) is 0 Å². The highest BCUT2D eigenvalue weighted by Crippen LogP contribution is 2.11. The van der Waals surface area contributed by atoms with Crippen LogP contribution < -0.4 is 5.73 Å². The Kier molecular flexibility index (Phi) is 5.22. The summed E-state index contributed by atoms with van der Waals surface area (Å²) in [5, 5.41) is 9.19. The molecule has 3 nitrogen and oxygen atoms in total. The Morgan fingerprint density at radius 1 is 1.38 bits per heavy atom. The lowest BCUT2D eigenvalue weighted by molar-refractivity contribution is 0.304. The molecule has 0 heterocycles. The second-order valence-electron chi connectivity index (χ2n) is 3.84. The van der Waals surface area contributed by atoms with Crippen molar-refractivity contribution >= 4 is 17.2 Å². The number of nitrogens with zero attached hydrogens (tertiary/aromatic N) is 1. The lowest BCUT2D eigenvalue weighted by Gasteiger charge is -2.20. The summed E-state index contributed by atoms with van der Waals surface area (Å²) < 4.78 is 0. The Morgan fingerprint density at radius 3 is 2.50 bits per heavy atom. The van der Waals surface area contributed by atoms with Crippen molar-refractivity contribution in [3.8, 4) is 5.75 Å². The van der Waals surface area contributed by atoms with Crippen molar-refractivity contribution in [2.24, 2.45) is 5.73 Å². The summed E-state index contributed by atoms with van der Waals surface area (Å²) in [7, 11) is 0. The molecule has 1 aromatic carbocycles. The Hall–Kier alpha value is -1.13. The molecule has 0 radical (unpaired) electrons. The fraction of sp³-hybridized carbons (Fsp3) is 0.417. The first-order chi connectivity index (χ1) is 7.61. The molecule has 0 saturated heterocycles. The molecule has 0 aliphatic heterocycles. The highest BCUT2D eigenvalue weighted by Gasteiger charge is 2.06. The van der Waals surface area contributed by atoms with E-state index in [1.165, 1.54) is 0 Å². The van der Waals surface area contributed by atoms with Gasteiger partial charge in [0.05, 0.1) is 4.99 Å². The molecule has 1 rings (SSSR count). The van der Waals surface area contributed by atoms with Crippen molar-refractivity contribution in [3.05, 3.63) is 29.8 Å². The second-order valence-corrected chi connectivity index (χ2v) is 4.37. The fourth-order valence-corrected chi connectivity index (χ4v) is 1.79. The molecule has 3 N–H and O–H groups in total. The van der Waals surface area contributed by atoms with Crippen molar-refractivity contribution in [2.45, 2.75) is 19.9 Å². The average Bonchev–Trinajstić information content (AvgIpc) is 2.21. The summed E-state index contributed by atoms with van der Waals surface area (Å²) >= 11 is 4.92. The lowest BCUT2D eigenvalue weighted by atomic mass is 10.2. The van der Waals surface area contributed by atoms with Crippen LogP contribution in [0, 0.1) is 0 Å². The summed E-state index contributed by atoms with van der Waals surface area (Å²) in [5.74, 6) is 0.292. The van der Waals surface area contributed by atoms with E-state index < -0.39 is 0 Å². The molecule has 0 fully saturated rings. The number of hydrogen-bond acceptors (Lipinski definition) is 3. The number of phenolic OH excluding ortho intramolecular Hbond substituents is 1. The highest BCUT2D eigenvalue weighted by molar-refractivity contribution is 7.80. The van der Waals surface area contributed by atoms with Gasteiger partial charge in [-0.1, -0.05) is 31.3 Å². The van der Waals surface area contributed by atoms with Gasteiger partial charge in [-0.3, -0.25) is 4.90 Å². The van der Waals surface area contributed by atoms with Gasteiger partial charge < -0.3 is 10.8 Å². The Morgan fingerprint density at radius 2 is 2.00 bits per heavy atom. The van der Waals surface area contributed by atoms with E-state index in [-0.39, 0.29) is 0 Å². The van der Waals surface area contributed by atoms with Crippen LogP contribution in [0.3, 0.4) is 0 Å². The van der Waals surface area contributed by atoms with Gasteiger partial charge in [0.2, 0.25) is 0 Å². The van der Waals surface area contributed by atoms with Crippen LogP contribution in [0.2, 0.25) is 0 Å². The van der Waals surface area contributed by atoms with Crippen molar-refractivity contribution in [1.29, 1.82) is 0 Å². The first-order valence-electron chi connectivity index (χ1n) is 5.40. The third kappa shape index (κ3) is 4.59. The van der Waals surface area contributed by atoms with Crippen LogP contribution in [0.1, 0.15) is 18.9 Å². The van der Waals surface area contributed by atoms with Crippen molar-refractivity contribution in [1.82, 2.24) is 4.90 Å². The van der Waals surface area contributed by atoms with E-state index in [0.29, 0.717) is 17.3 Å². The van der Waals surface area contributed by atoms with Crippen LogP contribution in [-0.2, 0) is 6.54 Å². The molecule has 0 atom stereocenters. The molecule has 4 heteroatoms. The summed E-state index contributed by atoms with van der Waals surface area (Å²) in [6.07, 6.45) is 1.07. The molecule has 16 heavy (non-hydrogen) atoms. The minimum atomic E-state index is 0.292. The van der Waals surface area contributed by atoms with E-state index in [1.54, 1.807) is 12.1 Å². The summed E-state index contributed by atoms with van der Waals surface area (Å²) in [5.41, 5.74) is 6.71. The van der Waals surface area contributed by atoms with Crippen LogP contribution in [0.15, 0.2) is 24.3 Å². The molecule has 0 saturated carbocycles. The van der Waals surface area contributed by atoms with Gasteiger partial charge >= 0.3 is 0 Å². The Balaban J connectivity index is 2.59. The molecule has 0 aliphatic rings. The predicted octanol–water partition coefficient (Wildman–Crippen LogP) is 1.89. The largest absolute Gasteiger partial charge is 0.508 e. The smallest absolute Gasteiger partial charge is 0.115 e. The molecule has 0 unspecified atom stereocenters. The van der Waals surface area contributed by atoms with E-state index in [2.05, 4.69) is 11.8 Å². The van der Waals surface area contributed by atoms with Gasteiger partial charge in [0.1, 0.15) is 5.75 Å². The minimum absolute atomic E-state index is 0.292. The standard InChI is InChI=1S/C12H18N2OS/c1-2-7-14(9-12(13)16)8-10-3-5-11(15)6-4-10/h3-6,15H,2,7-9H2,1H3,(H2,13,16). The molecule has 0 aromatic heterocycles. The maximum atomic E-state index is 9.19. The van der Waals surface area contributed by atoms with Gasteiger partial charge in [-0.05, 0) is 30.7 Å². The zero-order chi connectivity index (χ0) is 12.0. The first-order valence-corrected chi connectivity index (χ1v) is 5.81. The molecule has 88 valence electrons. The lowest BCUT2D eigenvalue weighted by Crippen LogP contribution is -2.32. The zero-order valence-electron chi connectivity index (χ0n) is 9.52. The van der Waals surface area contributed by atoms with E-state index in [4.69, 9.17) is 18.0 Å². The van der Waals surface area contributed by atoms with Crippen molar-refractivity contribution in [3.63, 3.8) is 0 Å². The van der Waals surface area contributed by atoms with Gasteiger partial charge in [0, 0.05) is 13.1 Å². The van der Waals surface area contributed by atoms with Crippen LogP contribution in [0.5, 0.6) is 5.75 Å². The van der Waals surface area contributed by atoms with Crippen LogP contribution in [0.25, 0.3) is 0 Å². The molecule has 0 bridgehead atoms. The van der Waals surface area contributed by atoms with E-state index >= 15 is 0 Å². The molecule has 1 aromatic rings. The monoisotopic (exact) mass is 238 g/mol. The SMILES string of the molecule is CCCN(CC(N)=S)Cc1ccc(O)cc1. The van der Waals surface area contributed by atoms with Crippen LogP contribution in [-0.4, -0.2) is 28.1 Å². The number of thiocarbonyl (C=S) groups is 1. The molecular weight excluding hydrogens is 220 g/mol.